The first kappa shape index (κ1) is 50.6. The standard InChI is InChI=1S/C46H65N3O8S4/c1-15-17-18-29(16-2)24-55-42(54)30(23-47)43-58-36-34(56-31(50)19-27(7)21-45(9,10)11)38-39(35(37(36)59-43)57-32(51)20-28(8)22-46(12,13)14)61-44(60-38)33-40(52)48(25(3)4)49(26(5)6)41(33)53/h25-29H,15-22,24H2,1-14H3. The fourth-order valence-electron chi connectivity index (χ4n) is 7.90. The molecule has 336 valence electrons. The molecule has 1 fully saturated rings. The van der Waals surface area contributed by atoms with E-state index in [0.717, 1.165) is 85.6 Å². The molecule has 2 amide bonds. The number of hydrazine groups is 1. The summed E-state index contributed by atoms with van der Waals surface area (Å²) < 4.78 is 19.0. The van der Waals surface area contributed by atoms with Crippen LogP contribution in [0.1, 0.15) is 148 Å². The van der Waals surface area contributed by atoms with E-state index in [4.69, 9.17) is 14.2 Å². The molecule has 3 atom stereocenters. The van der Waals surface area contributed by atoms with Gasteiger partial charge in [-0.05, 0) is 75.5 Å². The van der Waals surface area contributed by atoms with E-state index in [9.17, 15) is 29.2 Å². The van der Waals surface area contributed by atoms with E-state index in [1.54, 1.807) is 0 Å². The van der Waals surface area contributed by atoms with Crippen LogP contribution in [0.3, 0.4) is 0 Å². The number of nitrogens with zero attached hydrogens (tertiary/aromatic N) is 3. The normalized spacial score (nSPS) is 16.9. The van der Waals surface area contributed by atoms with Crippen molar-refractivity contribution in [2.45, 2.75) is 180 Å². The van der Waals surface area contributed by atoms with Gasteiger partial charge in [0.25, 0.3) is 11.8 Å². The van der Waals surface area contributed by atoms with E-state index in [1.807, 2.05) is 48.5 Å². The topological polar surface area (TPSA) is 143 Å². The van der Waals surface area contributed by atoms with Crippen LogP contribution in [-0.4, -0.2) is 58.4 Å². The molecule has 3 aliphatic rings. The molecule has 0 bridgehead atoms. The van der Waals surface area contributed by atoms with Gasteiger partial charge in [0.05, 0.1) is 34.7 Å². The van der Waals surface area contributed by atoms with Crippen molar-refractivity contribution in [1.29, 1.82) is 5.26 Å². The lowest BCUT2D eigenvalue weighted by atomic mass is 9.84. The maximum atomic E-state index is 14.1. The monoisotopic (exact) mass is 915 g/mol. The lowest BCUT2D eigenvalue weighted by molar-refractivity contribution is -0.154. The average Bonchev–Trinajstić information content (AvgIpc) is 3.82. The molecule has 3 unspecified atom stereocenters. The number of unbranched alkanes of at least 4 members (excludes halogenated alkanes) is 1. The first-order valence-corrected chi connectivity index (χ1v) is 24.8. The van der Waals surface area contributed by atoms with Gasteiger partial charge in [-0.3, -0.25) is 19.2 Å². The second-order valence-electron chi connectivity index (χ2n) is 19.4. The van der Waals surface area contributed by atoms with Crippen LogP contribution in [0.25, 0.3) is 0 Å². The van der Waals surface area contributed by atoms with Crippen molar-refractivity contribution in [3.8, 4) is 17.6 Å². The summed E-state index contributed by atoms with van der Waals surface area (Å²) in [5.74, 6) is -2.16. The molecule has 61 heavy (non-hydrogen) atoms. The molecule has 11 nitrogen and oxygen atoms in total. The van der Waals surface area contributed by atoms with Gasteiger partial charge in [-0.25, -0.2) is 14.8 Å². The van der Waals surface area contributed by atoms with Crippen LogP contribution in [0.4, 0.5) is 0 Å². The van der Waals surface area contributed by atoms with E-state index >= 15 is 0 Å². The van der Waals surface area contributed by atoms with Crippen LogP contribution in [0.2, 0.25) is 0 Å². The van der Waals surface area contributed by atoms with E-state index < -0.39 is 29.7 Å². The van der Waals surface area contributed by atoms with Gasteiger partial charge in [0.15, 0.2) is 17.1 Å². The van der Waals surface area contributed by atoms with E-state index in [2.05, 4.69) is 54.5 Å². The molecule has 3 aliphatic heterocycles. The van der Waals surface area contributed by atoms with Crippen LogP contribution in [0.5, 0.6) is 11.5 Å². The predicted octanol–water partition coefficient (Wildman–Crippen LogP) is 11.9. The van der Waals surface area contributed by atoms with Crippen LogP contribution >= 0.6 is 47.0 Å². The molecule has 0 aliphatic carbocycles. The summed E-state index contributed by atoms with van der Waals surface area (Å²) in [6.07, 6.45) is 5.53. The average molecular weight is 916 g/mol. The Bertz CT molecular complexity index is 1880. The third-order valence-corrected chi connectivity index (χ3v) is 15.4. The SMILES string of the molecule is CCCCC(CC)COC(=O)C(C#N)=C1Sc2c(OC(=O)CC(C)CC(C)(C)C)c3c(c(OC(=O)CC(C)CC(C)(C)C)c2S1)SC(=C1C(=O)N(C(C)C)N(C(C)C)C1=O)S3. The molecule has 0 spiro atoms. The van der Waals surface area contributed by atoms with Crippen molar-refractivity contribution in [3.63, 3.8) is 0 Å². The molecule has 0 radical (unpaired) electrons. The number of carbonyl (C=O) groups is 5. The second kappa shape index (κ2) is 21.1. The number of carbonyl (C=O) groups excluding carboxylic acids is 5. The van der Waals surface area contributed by atoms with Crippen molar-refractivity contribution >= 4 is 76.8 Å². The van der Waals surface area contributed by atoms with Crippen LogP contribution in [0, 0.1) is 39.9 Å². The third kappa shape index (κ3) is 12.8. The number of ether oxygens (including phenoxy) is 3. The maximum Gasteiger partial charge on any atom is 0.350 e. The number of hydrogen-bond acceptors (Lipinski definition) is 13. The fourth-order valence-corrected chi connectivity index (χ4v) is 13.3. The molecule has 1 aromatic carbocycles. The zero-order chi connectivity index (χ0) is 45.7. The smallest absolute Gasteiger partial charge is 0.350 e. The Balaban J connectivity index is 1.91. The Labute approximate surface area is 380 Å². The van der Waals surface area contributed by atoms with Gasteiger partial charge in [0, 0.05) is 24.9 Å². The minimum atomic E-state index is -0.754. The van der Waals surface area contributed by atoms with E-state index in [1.165, 1.54) is 10.0 Å². The summed E-state index contributed by atoms with van der Waals surface area (Å²) in [5, 5.41) is 13.3. The first-order valence-electron chi connectivity index (χ1n) is 21.5. The Hall–Kier alpha value is -3.06. The van der Waals surface area contributed by atoms with Crippen molar-refractivity contribution < 1.29 is 38.2 Å². The van der Waals surface area contributed by atoms with Gasteiger partial charge < -0.3 is 14.2 Å². The molecule has 0 N–H and O–H groups in total. The largest absolute Gasteiger partial charge is 0.461 e. The van der Waals surface area contributed by atoms with Crippen LogP contribution < -0.4 is 9.47 Å². The zero-order valence-electron chi connectivity index (χ0n) is 38.5. The van der Waals surface area contributed by atoms with Crippen LogP contribution in [-0.2, 0) is 28.7 Å². The number of fused-ring (bicyclic) bond motifs is 2. The molecular formula is C46H65N3O8S4. The van der Waals surface area contributed by atoms with E-state index in [0.29, 0.717) is 28.1 Å². The van der Waals surface area contributed by atoms with Gasteiger partial charge in [-0.2, -0.15) is 5.26 Å². The molecule has 0 aromatic heterocycles. The molecule has 3 heterocycles. The molecule has 1 saturated heterocycles. The number of rotatable bonds is 17. The number of thioether (sulfide) groups is 4. The van der Waals surface area contributed by atoms with Gasteiger partial charge >= 0.3 is 17.9 Å². The molecule has 1 aromatic rings. The van der Waals surface area contributed by atoms with Gasteiger partial charge in [-0.15, -0.1) is 0 Å². The molecule has 0 saturated carbocycles. The Morgan fingerprint density at radius 3 is 1.49 bits per heavy atom. The summed E-state index contributed by atoms with van der Waals surface area (Å²) in [4.78, 5) is 71.3. The summed E-state index contributed by atoms with van der Waals surface area (Å²) in [5.41, 5.74) is -0.264. The Kier molecular flexibility index (Phi) is 17.5. The quantitative estimate of drug-likeness (QED) is 0.0481. The lowest BCUT2D eigenvalue weighted by Crippen LogP contribution is -2.48. The minimum absolute atomic E-state index is 0.0110. The Morgan fingerprint density at radius 2 is 1.13 bits per heavy atom. The van der Waals surface area contributed by atoms with Gasteiger partial charge in [-0.1, -0.05) is 136 Å². The maximum absolute atomic E-state index is 14.1. The summed E-state index contributed by atoms with van der Waals surface area (Å²) in [7, 11) is 0. The highest BCUT2D eigenvalue weighted by molar-refractivity contribution is 8.26. The summed E-state index contributed by atoms with van der Waals surface area (Å²) in [6, 6.07) is 1.45. The predicted molar refractivity (Wildman–Crippen MR) is 245 cm³/mol. The molecule has 4 rings (SSSR count). The highest BCUT2D eigenvalue weighted by Crippen LogP contribution is 2.69. The molecular weight excluding hydrogens is 851 g/mol. The van der Waals surface area contributed by atoms with Crippen LogP contribution in [0.15, 0.2) is 39.2 Å². The number of amides is 2. The third-order valence-electron chi connectivity index (χ3n) is 10.2. The minimum Gasteiger partial charge on any atom is -0.461 e. The van der Waals surface area contributed by atoms with Crippen molar-refractivity contribution in [1.82, 2.24) is 10.0 Å². The lowest BCUT2D eigenvalue weighted by Gasteiger charge is -2.33. The van der Waals surface area contributed by atoms with Crippen molar-refractivity contribution in [3.05, 3.63) is 19.6 Å². The highest BCUT2D eigenvalue weighted by atomic mass is 32.2. The van der Waals surface area contributed by atoms with E-state index in [-0.39, 0.29) is 82.8 Å². The molecule has 15 heteroatoms. The zero-order valence-corrected chi connectivity index (χ0v) is 41.8. The fraction of sp³-hybridized carbons (Fsp3) is 0.652. The van der Waals surface area contributed by atoms with Crippen molar-refractivity contribution in [2.75, 3.05) is 6.61 Å². The van der Waals surface area contributed by atoms with Crippen molar-refractivity contribution in [2.24, 2.45) is 28.6 Å². The first-order chi connectivity index (χ1) is 28.4. The summed E-state index contributed by atoms with van der Waals surface area (Å²) in [6.45, 7) is 28.4. The highest BCUT2D eigenvalue weighted by Gasteiger charge is 2.48. The number of esters is 3. The van der Waals surface area contributed by atoms with Gasteiger partial charge in [0.1, 0.15) is 11.6 Å². The Morgan fingerprint density at radius 1 is 0.705 bits per heavy atom. The number of nitriles is 1. The second-order valence-corrected chi connectivity index (χ2v) is 24.0. The number of benzene rings is 1. The number of hydrogen-bond donors (Lipinski definition) is 0. The summed E-state index contributed by atoms with van der Waals surface area (Å²) >= 11 is 4.41. The van der Waals surface area contributed by atoms with Gasteiger partial charge in [0.2, 0.25) is 0 Å².